The Morgan fingerprint density at radius 1 is 1.41 bits per heavy atom. The van der Waals surface area contributed by atoms with Crippen LogP contribution in [-0.4, -0.2) is 23.0 Å². The number of rotatable bonds is 5. The van der Waals surface area contributed by atoms with Crippen LogP contribution in [0.1, 0.15) is 38.3 Å². The first-order valence-electron chi connectivity index (χ1n) is 5.93. The predicted octanol–water partition coefficient (Wildman–Crippen LogP) is 2.34. The highest BCUT2D eigenvalue weighted by Gasteiger charge is 2.27. The summed E-state index contributed by atoms with van der Waals surface area (Å²) in [6, 6.07) is 0. The number of nitrogens with one attached hydrogen (secondary N) is 2. The highest BCUT2D eigenvalue weighted by molar-refractivity contribution is 7.15. The summed E-state index contributed by atoms with van der Waals surface area (Å²) in [7, 11) is 0. The molecular formula is C12H21N3OS. The van der Waals surface area contributed by atoms with Crippen LogP contribution in [0, 0.1) is 6.92 Å². The lowest BCUT2D eigenvalue weighted by Gasteiger charge is -2.23. The van der Waals surface area contributed by atoms with Gasteiger partial charge in [-0.15, -0.1) is 11.3 Å². The Hall–Kier alpha value is -0.940. The van der Waals surface area contributed by atoms with Crippen LogP contribution in [0.25, 0.3) is 0 Å². The molecule has 0 fully saturated rings. The van der Waals surface area contributed by atoms with Crippen LogP contribution in [0.2, 0.25) is 0 Å². The summed E-state index contributed by atoms with van der Waals surface area (Å²) >= 11 is 1.53. The Labute approximate surface area is 107 Å². The van der Waals surface area contributed by atoms with Gasteiger partial charge in [-0.05, 0) is 33.7 Å². The maximum Gasteiger partial charge on any atom is 0.245 e. The number of hydrogen-bond donors (Lipinski definition) is 2. The van der Waals surface area contributed by atoms with Gasteiger partial charge in [-0.2, -0.15) is 0 Å². The average molecular weight is 255 g/mol. The molecule has 0 radical (unpaired) electrons. The first-order valence-corrected chi connectivity index (χ1v) is 6.75. The number of thiazole rings is 1. The quantitative estimate of drug-likeness (QED) is 0.849. The first-order chi connectivity index (χ1) is 7.90. The fraction of sp³-hybridized carbons (Fsp3) is 0.667. The molecule has 1 amide bonds. The molecule has 0 saturated heterocycles. The summed E-state index contributed by atoms with van der Waals surface area (Å²) in [5.74, 6) is -0.0456. The van der Waals surface area contributed by atoms with E-state index in [9.17, 15) is 4.79 Å². The molecule has 0 unspecified atom stereocenters. The van der Waals surface area contributed by atoms with Crippen molar-refractivity contribution in [3.8, 4) is 0 Å². The van der Waals surface area contributed by atoms with Crippen LogP contribution in [0.15, 0.2) is 0 Å². The summed E-state index contributed by atoms with van der Waals surface area (Å²) in [6.07, 6.45) is 0.898. The zero-order valence-electron chi connectivity index (χ0n) is 11.2. The topological polar surface area (TPSA) is 54.0 Å². The largest absolute Gasteiger partial charge is 0.304 e. The van der Waals surface area contributed by atoms with E-state index in [1.165, 1.54) is 16.2 Å². The van der Waals surface area contributed by atoms with Crippen LogP contribution < -0.4 is 10.6 Å². The summed E-state index contributed by atoms with van der Waals surface area (Å²) in [5.41, 5.74) is 0.493. The van der Waals surface area contributed by atoms with Crippen LogP contribution >= 0.6 is 11.3 Å². The molecule has 96 valence electrons. The molecular weight excluding hydrogens is 234 g/mol. The van der Waals surface area contributed by atoms with E-state index in [0.717, 1.165) is 18.7 Å². The second-order valence-electron chi connectivity index (χ2n) is 4.48. The molecule has 0 saturated carbocycles. The van der Waals surface area contributed by atoms with Crippen molar-refractivity contribution < 1.29 is 4.79 Å². The van der Waals surface area contributed by atoms with Crippen LogP contribution in [0.5, 0.6) is 0 Å². The van der Waals surface area contributed by atoms with Crippen molar-refractivity contribution in [3.05, 3.63) is 10.6 Å². The second-order valence-corrected chi connectivity index (χ2v) is 5.69. The van der Waals surface area contributed by atoms with Gasteiger partial charge >= 0.3 is 0 Å². The van der Waals surface area contributed by atoms with Gasteiger partial charge < -0.3 is 10.6 Å². The molecule has 17 heavy (non-hydrogen) atoms. The normalized spacial score (nSPS) is 11.6. The highest BCUT2D eigenvalue weighted by atomic mass is 32.1. The molecule has 0 aliphatic heterocycles. The van der Waals surface area contributed by atoms with E-state index in [0.29, 0.717) is 5.13 Å². The average Bonchev–Trinajstić information content (AvgIpc) is 2.58. The Kier molecular flexibility index (Phi) is 4.65. The Balaban J connectivity index is 2.74. The Morgan fingerprint density at radius 2 is 2.06 bits per heavy atom. The number of aryl methyl sites for hydroxylation is 2. The number of carbonyl (C=O) groups is 1. The molecule has 2 N–H and O–H groups in total. The van der Waals surface area contributed by atoms with Gasteiger partial charge in [0.1, 0.15) is 0 Å². The van der Waals surface area contributed by atoms with Crippen molar-refractivity contribution in [1.82, 2.24) is 10.3 Å². The zero-order valence-corrected chi connectivity index (χ0v) is 12.0. The summed E-state index contributed by atoms with van der Waals surface area (Å²) in [6.45, 7) is 10.6. The molecule has 1 heterocycles. The Bertz CT molecular complexity index is 398. The van der Waals surface area contributed by atoms with E-state index in [2.05, 4.69) is 22.5 Å². The van der Waals surface area contributed by atoms with Gasteiger partial charge in [-0.25, -0.2) is 4.98 Å². The van der Waals surface area contributed by atoms with E-state index < -0.39 is 5.54 Å². The van der Waals surface area contributed by atoms with Crippen molar-refractivity contribution >= 4 is 22.4 Å². The van der Waals surface area contributed by atoms with Gasteiger partial charge in [0.2, 0.25) is 5.91 Å². The summed E-state index contributed by atoms with van der Waals surface area (Å²) in [5, 5.41) is 6.70. The van der Waals surface area contributed by atoms with E-state index in [1.807, 2.05) is 27.7 Å². The van der Waals surface area contributed by atoms with Gasteiger partial charge in [0.15, 0.2) is 5.13 Å². The molecule has 4 nitrogen and oxygen atoms in total. The molecule has 1 rings (SSSR count). The Morgan fingerprint density at radius 3 is 2.53 bits per heavy atom. The van der Waals surface area contributed by atoms with Gasteiger partial charge in [0, 0.05) is 4.88 Å². The van der Waals surface area contributed by atoms with Crippen LogP contribution in [0.4, 0.5) is 5.13 Å². The van der Waals surface area contributed by atoms with Crippen LogP contribution in [0.3, 0.4) is 0 Å². The van der Waals surface area contributed by atoms with E-state index in [4.69, 9.17) is 0 Å². The van der Waals surface area contributed by atoms with E-state index in [-0.39, 0.29) is 5.91 Å². The summed E-state index contributed by atoms with van der Waals surface area (Å²) < 4.78 is 0. The van der Waals surface area contributed by atoms with Gasteiger partial charge in [0.05, 0.1) is 11.2 Å². The zero-order chi connectivity index (χ0) is 13.1. The number of likely N-dealkylation sites (N-methyl/N-ethyl adjacent to an activating group) is 1. The third-order valence-electron chi connectivity index (χ3n) is 2.63. The molecule has 1 aromatic rings. The highest BCUT2D eigenvalue weighted by Crippen LogP contribution is 2.23. The summed E-state index contributed by atoms with van der Waals surface area (Å²) in [4.78, 5) is 17.6. The molecule has 1 aromatic heterocycles. The minimum Gasteiger partial charge on any atom is -0.304 e. The maximum absolute atomic E-state index is 12.0. The minimum atomic E-state index is -0.569. The maximum atomic E-state index is 12.0. The van der Waals surface area contributed by atoms with Crippen molar-refractivity contribution in [2.24, 2.45) is 0 Å². The SMILES string of the molecule is CCNC(C)(C)C(=O)Nc1nc(CC)c(C)s1. The lowest BCUT2D eigenvalue weighted by atomic mass is 10.1. The molecule has 0 bridgehead atoms. The smallest absolute Gasteiger partial charge is 0.245 e. The lowest BCUT2D eigenvalue weighted by Crippen LogP contribution is -2.49. The van der Waals surface area contributed by atoms with Gasteiger partial charge in [-0.1, -0.05) is 13.8 Å². The van der Waals surface area contributed by atoms with E-state index in [1.54, 1.807) is 0 Å². The number of amides is 1. The van der Waals surface area contributed by atoms with Crippen molar-refractivity contribution in [2.45, 2.75) is 46.6 Å². The standard InChI is InChI=1S/C12H21N3OS/c1-6-9-8(3)17-11(14-9)15-10(16)12(4,5)13-7-2/h13H,6-7H2,1-5H3,(H,14,15,16). The number of hydrogen-bond acceptors (Lipinski definition) is 4. The minimum absolute atomic E-state index is 0.0456. The first kappa shape index (κ1) is 14.1. The fourth-order valence-corrected chi connectivity index (χ4v) is 2.48. The van der Waals surface area contributed by atoms with Gasteiger partial charge in [0.25, 0.3) is 0 Å². The van der Waals surface area contributed by atoms with Crippen molar-refractivity contribution in [1.29, 1.82) is 0 Å². The number of aromatic nitrogens is 1. The number of nitrogens with zero attached hydrogens (tertiary/aromatic N) is 1. The fourth-order valence-electron chi connectivity index (χ4n) is 1.59. The van der Waals surface area contributed by atoms with Crippen LogP contribution in [-0.2, 0) is 11.2 Å². The monoisotopic (exact) mass is 255 g/mol. The number of anilines is 1. The molecule has 0 aliphatic carbocycles. The second kappa shape index (κ2) is 5.60. The van der Waals surface area contributed by atoms with Crippen molar-refractivity contribution in [2.75, 3.05) is 11.9 Å². The van der Waals surface area contributed by atoms with Crippen molar-refractivity contribution in [3.63, 3.8) is 0 Å². The number of carbonyl (C=O) groups excluding carboxylic acids is 1. The lowest BCUT2D eigenvalue weighted by molar-refractivity contribution is -0.121. The molecule has 0 aromatic carbocycles. The van der Waals surface area contributed by atoms with Gasteiger partial charge in [-0.3, -0.25) is 4.79 Å². The molecule has 0 spiro atoms. The third kappa shape index (κ3) is 3.51. The molecule has 0 atom stereocenters. The van der Waals surface area contributed by atoms with E-state index >= 15 is 0 Å². The molecule has 0 aliphatic rings. The third-order valence-corrected chi connectivity index (χ3v) is 3.56. The predicted molar refractivity (Wildman–Crippen MR) is 72.6 cm³/mol. The molecule has 5 heteroatoms.